The molecule has 9 heteroatoms. The van der Waals surface area contributed by atoms with Gasteiger partial charge in [0, 0.05) is 43.0 Å². The van der Waals surface area contributed by atoms with Crippen LogP contribution in [0.25, 0.3) is 22.2 Å². The predicted molar refractivity (Wildman–Crippen MR) is 150 cm³/mol. The molecule has 5 rings (SSSR count). The first-order chi connectivity index (χ1) is 18.1. The minimum absolute atomic E-state index is 0.157. The number of halogens is 1. The lowest BCUT2D eigenvalue weighted by Gasteiger charge is -2.38. The number of nitrogens with zero attached hydrogens (tertiary/aromatic N) is 4. The first-order valence-electron chi connectivity index (χ1n) is 12.7. The summed E-state index contributed by atoms with van der Waals surface area (Å²) in [5.74, 6) is 0.453. The maximum Gasteiger partial charge on any atom is 0.230 e. The maximum atomic E-state index is 13.7. The Kier molecular flexibility index (Phi) is 7.58. The molecule has 2 aromatic carbocycles. The van der Waals surface area contributed by atoms with Crippen molar-refractivity contribution in [3.8, 4) is 11.1 Å². The number of nitrogen functional groups attached to an aromatic ring is 1. The number of anilines is 2. The third-order valence-electron chi connectivity index (χ3n) is 7.09. The van der Waals surface area contributed by atoms with Crippen molar-refractivity contribution in [2.75, 3.05) is 43.4 Å². The zero-order chi connectivity index (χ0) is 25.8. The van der Waals surface area contributed by atoms with Crippen LogP contribution < -0.4 is 16.4 Å². The molecule has 1 aliphatic heterocycles. The van der Waals surface area contributed by atoms with Crippen molar-refractivity contribution in [2.45, 2.75) is 25.2 Å². The van der Waals surface area contributed by atoms with Gasteiger partial charge in [-0.1, -0.05) is 60.5 Å². The summed E-state index contributed by atoms with van der Waals surface area (Å²) in [5.41, 5.74) is 16.7. The van der Waals surface area contributed by atoms with E-state index in [1.54, 1.807) is 0 Å². The van der Waals surface area contributed by atoms with Crippen LogP contribution in [0, 0.1) is 0 Å². The second-order valence-electron chi connectivity index (χ2n) is 9.42. The zero-order valence-electron chi connectivity index (χ0n) is 20.7. The summed E-state index contributed by atoms with van der Waals surface area (Å²) in [6, 6.07) is 17.8. The molecule has 0 spiro atoms. The average Bonchev–Trinajstić information content (AvgIpc) is 3.32. The molecular formula is C28H32ClN7O. The fourth-order valence-corrected chi connectivity index (χ4v) is 5.27. The van der Waals surface area contributed by atoms with Crippen LogP contribution in [0.4, 0.5) is 11.5 Å². The highest BCUT2D eigenvalue weighted by Gasteiger charge is 2.30. The number of nitrogens with two attached hydrogens (primary N) is 2. The molecule has 0 unspecified atom stereocenters. The Balaban J connectivity index is 1.39. The molecule has 1 saturated heterocycles. The smallest absolute Gasteiger partial charge is 0.230 e. The number of aromatic amines is 1. The van der Waals surface area contributed by atoms with Gasteiger partial charge in [-0.25, -0.2) is 4.98 Å². The molecular weight excluding hydrogens is 486 g/mol. The quantitative estimate of drug-likeness (QED) is 0.298. The second-order valence-corrected chi connectivity index (χ2v) is 9.86. The predicted octanol–water partition coefficient (Wildman–Crippen LogP) is 4.42. The fourth-order valence-electron chi connectivity index (χ4n) is 5.14. The SMILES string of the molecule is NCCCC[C@@H](C(=O)N1CCN(c2c(-c3ccccc3)cnc3n[nH]c(N)c23)CC1)c1ccc(Cl)cc1. The number of pyridine rings is 1. The molecule has 0 bridgehead atoms. The maximum absolute atomic E-state index is 13.7. The Morgan fingerprint density at radius 3 is 2.46 bits per heavy atom. The van der Waals surface area contributed by atoms with Gasteiger partial charge in [0.25, 0.3) is 0 Å². The molecule has 0 saturated carbocycles. The summed E-state index contributed by atoms with van der Waals surface area (Å²) in [7, 11) is 0. The van der Waals surface area contributed by atoms with E-state index in [4.69, 9.17) is 23.1 Å². The summed E-state index contributed by atoms with van der Waals surface area (Å²) in [6.45, 7) is 3.24. The highest BCUT2D eigenvalue weighted by Crippen LogP contribution is 2.39. The summed E-state index contributed by atoms with van der Waals surface area (Å²) in [4.78, 5) is 22.6. The number of carbonyl (C=O) groups excluding carboxylic acids is 1. The number of amides is 1. The third-order valence-corrected chi connectivity index (χ3v) is 7.34. The number of hydrogen-bond acceptors (Lipinski definition) is 6. The van der Waals surface area contributed by atoms with Gasteiger partial charge in [0.15, 0.2) is 5.65 Å². The number of unbranched alkanes of at least 4 members (excludes halogenated alkanes) is 1. The summed E-state index contributed by atoms with van der Waals surface area (Å²) >= 11 is 6.11. The molecule has 8 nitrogen and oxygen atoms in total. The monoisotopic (exact) mass is 517 g/mol. The first-order valence-corrected chi connectivity index (χ1v) is 13.1. The second kappa shape index (κ2) is 11.2. The largest absolute Gasteiger partial charge is 0.383 e. The van der Waals surface area contributed by atoms with Crippen molar-refractivity contribution >= 4 is 40.0 Å². The van der Waals surface area contributed by atoms with Gasteiger partial charge in [-0.15, -0.1) is 0 Å². The van der Waals surface area contributed by atoms with Crippen molar-refractivity contribution in [3.05, 3.63) is 71.4 Å². The van der Waals surface area contributed by atoms with Gasteiger partial charge in [-0.2, -0.15) is 5.10 Å². The number of hydrogen-bond donors (Lipinski definition) is 3. The van der Waals surface area contributed by atoms with Crippen molar-refractivity contribution in [1.29, 1.82) is 0 Å². The molecule has 1 amide bonds. The number of carbonyl (C=O) groups is 1. The first kappa shape index (κ1) is 25.0. The number of fused-ring (bicyclic) bond motifs is 1. The van der Waals surface area contributed by atoms with E-state index in [2.05, 4.69) is 32.2 Å². The Morgan fingerprint density at radius 1 is 1.03 bits per heavy atom. The van der Waals surface area contributed by atoms with Crippen LogP contribution in [0.1, 0.15) is 30.7 Å². The van der Waals surface area contributed by atoms with E-state index in [0.717, 1.165) is 47.0 Å². The average molecular weight is 518 g/mol. The molecule has 5 N–H and O–H groups in total. The Bertz CT molecular complexity index is 1350. The van der Waals surface area contributed by atoms with Crippen LogP contribution in [0.2, 0.25) is 5.02 Å². The fraction of sp³-hybridized carbons (Fsp3) is 0.321. The van der Waals surface area contributed by atoms with Gasteiger partial charge in [0.05, 0.1) is 17.0 Å². The van der Waals surface area contributed by atoms with Gasteiger partial charge in [0.1, 0.15) is 5.82 Å². The Morgan fingerprint density at radius 2 is 1.76 bits per heavy atom. The van der Waals surface area contributed by atoms with Crippen LogP contribution in [0.3, 0.4) is 0 Å². The molecule has 1 aliphatic rings. The third kappa shape index (κ3) is 5.26. The van der Waals surface area contributed by atoms with E-state index in [1.807, 2.05) is 53.6 Å². The van der Waals surface area contributed by atoms with Gasteiger partial charge in [-0.05, 0) is 42.6 Å². The van der Waals surface area contributed by atoms with Crippen LogP contribution in [0.15, 0.2) is 60.8 Å². The molecule has 3 heterocycles. The van der Waals surface area contributed by atoms with Crippen LogP contribution in [0.5, 0.6) is 0 Å². The number of piperazine rings is 1. The van der Waals surface area contributed by atoms with E-state index in [9.17, 15) is 4.79 Å². The number of benzene rings is 2. The van der Waals surface area contributed by atoms with Crippen molar-refractivity contribution in [1.82, 2.24) is 20.1 Å². The highest BCUT2D eigenvalue weighted by molar-refractivity contribution is 6.30. The van der Waals surface area contributed by atoms with Crippen LogP contribution in [-0.2, 0) is 4.79 Å². The van der Waals surface area contributed by atoms with Crippen molar-refractivity contribution < 1.29 is 4.79 Å². The van der Waals surface area contributed by atoms with Gasteiger partial charge in [-0.3, -0.25) is 9.89 Å². The topological polar surface area (TPSA) is 117 Å². The standard InChI is InChI=1S/C28H32ClN7O/c29-21-11-9-20(10-12-21)22(8-4-5-13-30)28(37)36-16-14-35(15-17-36)25-23(19-6-2-1-3-7-19)18-32-27-24(25)26(31)33-34-27/h1-3,6-7,9-12,18,22H,4-5,8,13-17,30H2,(H3,31,32,33,34)/t22-/m1/s1. The molecule has 4 aromatic rings. The van der Waals surface area contributed by atoms with Gasteiger partial charge in [0.2, 0.25) is 5.91 Å². The Labute approximate surface area is 221 Å². The lowest BCUT2D eigenvalue weighted by atomic mass is 9.91. The molecule has 0 radical (unpaired) electrons. The molecule has 0 aliphatic carbocycles. The normalized spacial score (nSPS) is 14.8. The van der Waals surface area contributed by atoms with E-state index >= 15 is 0 Å². The van der Waals surface area contributed by atoms with Gasteiger partial charge >= 0.3 is 0 Å². The molecule has 1 fully saturated rings. The minimum atomic E-state index is -0.201. The number of H-pyrrole nitrogens is 1. The minimum Gasteiger partial charge on any atom is -0.383 e. The lowest BCUT2D eigenvalue weighted by Crippen LogP contribution is -2.50. The Hall–Kier alpha value is -3.62. The van der Waals surface area contributed by atoms with Crippen molar-refractivity contribution in [2.24, 2.45) is 5.73 Å². The van der Waals surface area contributed by atoms with Crippen LogP contribution >= 0.6 is 11.6 Å². The van der Waals surface area contributed by atoms with E-state index < -0.39 is 0 Å². The van der Waals surface area contributed by atoms with E-state index in [-0.39, 0.29) is 11.8 Å². The summed E-state index contributed by atoms with van der Waals surface area (Å²) < 4.78 is 0. The lowest BCUT2D eigenvalue weighted by molar-refractivity contribution is -0.133. The molecule has 192 valence electrons. The van der Waals surface area contributed by atoms with E-state index in [0.29, 0.717) is 49.2 Å². The molecule has 37 heavy (non-hydrogen) atoms. The molecule has 1 atom stereocenters. The van der Waals surface area contributed by atoms with Crippen LogP contribution in [-0.4, -0.2) is 58.7 Å². The van der Waals surface area contributed by atoms with Crippen molar-refractivity contribution in [3.63, 3.8) is 0 Å². The molecule has 2 aromatic heterocycles. The number of rotatable bonds is 8. The summed E-state index contributed by atoms with van der Waals surface area (Å²) in [5, 5.41) is 8.65. The zero-order valence-corrected chi connectivity index (χ0v) is 21.5. The number of aromatic nitrogens is 3. The highest BCUT2D eigenvalue weighted by atomic mass is 35.5. The summed E-state index contributed by atoms with van der Waals surface area (Å²) in [6.07, 6.45) is 4.44. The number of nitrogens with one attached hydrogen (secondary N) is 1. The van der Waals surface area contributed by atoms with Gasteiger partial charge < -0.3 is 21.3 Å². The van der Waals surface area contributed by atoms with E-state index in [1.165, 1.54) is 0 Å².